The van der Waals surface area contributed by atoms with Crippen LogP contribution in [0.3, 0.4) is 0 Å². The average molecular weight is 276 g/mol. The zero-order chi connectivity index (χ0) is 14.4. The number of nitrogens with one attached hydrogen (secondary N) is 2. The molecule has 1 aromatic heterocycles. The first-order valence-electron chi connectivity index (χ1n) is 6.03. The molecule has 3 amide bonds. The fourth-order valence-corrected chi connectivity index (χ4v) is 1.63. The van der Waals surface area contributed by atoms with Gasteiger partial charge in [0.15, 0.2) is 5.76 Å². The SMILES string of the molecule is O=C(NCCc1ccccc1F)NC(=O)c1ccco1. The molecule has 0 aliphatic heterocycles. The Kier molecular flexibility index (Phi) is 4.49. The summed E-state index contributed by atoms with van der Waals surface area (Å²) >= 11 is 0. The van der Waals surface area contributed by atoms with Gasteiger partial charge in [0, 0.05) is 6.54 Å². The third kappa shape index (κ3) is 3.68. The van der Waals surface area contributed by atoms with Gasteiger partial charge in [0.05, 0.1) is 6.26 Å². The first-order chi connectivity index (χ1) is 9.66. The summed E-state index contributed by atoms with van der Waals surface area (Å²) in [6, 6.07) is 8.66. The lowest BCUT2D eigenvalue weighted by Crippen LogP contribution is -2.40. The van der Waals surface area contributed by atoms with Gasteiger partial charge in [-0.1, -0.05) is 18.2 Å². The maximum atomic E-state index is 13.3. The van der Waals surface area contributed by atoms with E-state index in [2.05, 4.69) is 10.6 Å². The van der Waals surface area contributed by atoms with E-state index in [1.807, 2.05) is 0 Å². The molecule has 2 aromatic rings. The highest BCUT2D eigenvalue weighted by molar-refractivity contribution is 6.02. The van der Waals surface area contributed by atoms with E-state index >= 15 is 0 Å². The standard InChI is InChI=1S/C14H13FN2O3/c15-11-5-2-1-4-10(11)7-8-16-14(19)17-13(18)12-6-3-9-20-12/h1-6,9H,7-8H2,(H2,16,17,18,19). The zero-order valence-electron chi connectivity index (χ0n) is 10.6. The number of amides is 3. The van der Waals surface area contributed by atoms with Crippen LogP contribution >= 0.6 is 0 Å². The van der Waals surface area contributed by atoms with Gasteiger partial charge in [-0.2, -0.15) is 0 Å². The van der Waals surface area contributed by atoms with Crippen molar-refractivity contribution < 1.29 is 18.4 Å². The van der Waals surface area contributed by atoms with Crippen molar-refractivity contribution in [3.63, 3.8) is 0 Å². The minimum absolute atomic E-state index is 0.0502. The van der Waals surface area contributed by atoms with Crippen molar-refractivity contribution in [3.8, 4) is 0 Å². The van der Waals surface area contributed by atoms with Crippen molar-refractivity contribution in [1.82, 2.24) is 10.6 Å². The molecule has 0 saturated carbocycles. The Morgan fingerprint density at radius 2 is 1.95 bits per heavy atom. The van der Waals surface area contributed by atoms with Crippen LogP contribution < -0.4 is 10.6 Å². The molecule has 6 heteroatoms. The molecule has 20 heavy (non-hydrogen) atoms. The minimum atomic E-state index is -0.650. The van der Waals surface area contributed by atoms with E-state index < -0.39 is 11.9 Å². The zero-order valence-corrected chi connectivity index (χ0v) is 10.6. The van der Waals surface area contributed by atoms with Crippen LogP contribution in [0, 0.1) is 5.82 Å². The molecule has 2 N–H and O–H groups in total. The first kappa shape index (κ1) is 13.8. The summed E-state index contributed by atoms with van der Waals surface area (Å²) in [7, 11) is 0. The van der Waals surface area contributed by atoms with Gasteiger partial charge in [-0.15, -0.1) is 0 Å². The van der Waals surface area contributed by atoms with Crippen molar-refractivity contribution in [2.45, 2.75) is 6.42 Å². The average Bonchev–Trinajstić information content (AvgIpc) is 2.95. The summed E-state index contributed by atoms with van der Waals surface area (Å²) in [6.45, 7) is 0.220. The van der Waals surface area contributed by atoms with E-state index in [1.54, 1.807) is 24.3 Å². The fourth-order valence-electron chi connectivity index (χ4n) is 1.63. The molecule has 0 bridgehead atoms. The van der Waals surface area contributed by atoms with E-state index in [1.165, 1.54) is 18.4 Å². The van der Waals surface area contributed by atoms with Gasteiger partial charge in [-0.3, -0.25) is 10.1 Å². The van der Waals surface area contributed by atoms with Crippen LogP contribution in [0.4, 0.5) is 9.18 Å². The molecule has 2 rings (SSSR count). The first-order valence-corrected chi connectivity index (χ1v) is 6.03. The number of imide groups is 1. The number of carbonyl (C=O) groups is 2. The number of urea groups is 1. The second-order valence-corrected chi connectivity index (χ2v) is 4.03. The molecule has 0 unspecified atom stereocenters. The highest BCUT2D eigenvalue weighted by Crippen LogP contribution is 2.06. The van der Waals surface area contributed by atoms with Crippen molar-refractivity contribution in [2.24, 2.45) is 0 Å². The Morgan fingerprint density at radius 3 is 2.65 bits per heavy atom. The lowest BCUT2D eigenvalue weighted by Gasteiger charge is -2.06. The molecule has 5 nitrogen and oxygen atoms in total. The molecule has 1 heterocycles. The smallest absolute Gasteiger partial charge is 0.321 e. The summed E-state index contributed by atoms with van der Waals surface area (Å²) in [5.74, 6) is -0.894. The molecule has 0 aliphatic carbocycles. The second-order valence-electron chi connectivity index (χ2n) is 4.03. The third-order valence-electron chi connectivity index (χ3n) is 2.61. The summed E-state index contributed by atoms with van der Waals surface area (Å²) < 4.78 is 18.2. The van der Waals surface area contributed by atoms with Crippen molar-refractivity contribution in [1.29, 1.82) is 0 Å². The van der Waals surface area contributed by atoms with E-state index in [4.69, 9.17) is 4.42 Å². The largest absolute Gasteiger partial charge is 0.459 e. The molecule has 104 valence electrons. The molecule has 1 aromatic carbocycles. The van der Waals surface area contributed by atoms with Crippen LogP contribution in [0.2, 0.25) is 0 Å². The Balaban J connectivity index is 1.76. The number of hydrogen-bond acceptors (Lipinski definition) is 3. The lowest BCUT2D eigenvalue weighted by atomic mass is 10.1. The van der Waals surface area contributed by atoms with Crippen molar-refractivity contribution in [3.05, 3.63) is 59.8 Å². The van der Waals surface area contributed by atoms with Crippen molar-refractivity contribution >= 4 is 11.9 Å². The van der Waals surface area contributed by atoms with E-state index in [0.29, 0.717) is 12.0 Å². The highest BCUT2D eigenvalue weighted by atomic mass is 19.1. The Bertz CT molecular complexity index is 596. The predicted octanol–water partition coefficient (Wildman–Crippen LogP) is 2.10. The summed E-state index contributed by atoms with van der Waals surface area (Å²) in [5.41, 5.74) is 0.505. The van der Waals surface area contributed by atoms with Gasteiger partial charge in [-0.05, 0) is 30.2 Å². The van der Waals surface area contributed by atoms with E-state index in [0.717, 1.165) is 0 Å². The number of carbonyl (C=O) groups excluding carboxylic acids is 2. The number of furan rings is 1. The Morgan fingerprint density at radius 1 is 1.15 bits per heavy atom. The van der Waals surface area contributed by atoms with Crippen LogP contribution in [-0.4, -0.2) is 18.5 Å². The van der Waals surface area contributed by atoms with Crippen LogP contribution in [0.1, 0.15) is 16.1 Å². The normalized spacial score (nSPS) is 10.1. The van der Waals surface area contributed by atoms with Gasteiger partial charge in [0.25, 0.3) is 5.91 Å². The Labute approximate surface area is 114 Å². The molecule has 0 atom stereocenters. The quantitative estimate of drug-likeness (QED) is 0.898. The van der Waals surface area contributed by atoms with Crippen LogP contribution in [-0.2, 0) is 6.42 Å². The summed E-state index contributed by atoms with van der Waals surface area (Å²) in [5, 5.41) is 4.58. The van der Waals surface area contributed by atoms with Crippen LogP contribution in [0.15, 0.2) is 47.1 Å². The summed E-state index contributed by atoms with van der Waals surface area (Å²) in [6.07, 6.45) is 1.68. The van der Waals surface area contributed by atoms with E-state index in [-0.39, 0.29) is 18.1 Å². The van der Waals surface area contributed by atoms with Crippen LogP contribution in [0.5, 0.6) is 0 Å². The molecular formula is C14H13FN2O3. The van der Waals surface area contributed by atoms with E-state index in [9.17, 15) is 14.0 Å². The number of benzene rings is 1. The van der Waals surface area contributed by atoms with Gasteiger partial charge in [0.2, 0.25) is 0 Å². The molecular weight excluding hydrogens is 263 g/mol. The molecule has 0 aliphatic rings. The molecule has 0 fully saturated rings. The van der Waals surface area contributed by atoms with Gasteiger partial charge < -0.3 is 9.73 Å². The molecule has 0 spiro atoms. The molecule has 0 saturated heterocycles. The lowest BCUT2D eigenvalue weighted by molar-refractivity contribution is 0.0937. The van der Waals surface area contributed by atoms with Gasteiger partial charge >= 0.3 is 6.03 Å². The van der Waals surface area contributed by atoms with Crippen molar-refractivity contribution in [2.75, 3.05) is 6.54 Å². The topological polar surface area (TPSA) is 71.3 Å². The number of rotatable bonds is 4. The maximum absolute atomic E-state index is 13.3. The Hall–Kier alpha value is -2.63. The predicted molar refractivity (Wildman–Crippen MR) is 69.7 cm³/mol. The highest BCUT2D eigenvalue weighted by Gasteiger charge is 2.12. The number of halogens is 1. The van der Waals surface area contributed by atoms with Crippen LogP contribution in [0.25, 0.3) is 0 Å². The maximum Gasteiger partial charge on any atom is 0.321 e. The number of hydrogen-bond donors (Lipinski definition) is 2. The van der Waals surface area contributed by atoms with Gasteiger partial charge in [0.1, 0.15) is 5.82 Å². The monoisotopic (exact) mass is 276 g/mol. The third-order valence-corrected chi connectivity index (χ3v) is 2.61. The molecule has 0 radical (unpaired) electrons. The second kappa shape index (κ2) is 6.51. The fraction of sp³-hybridized carbons (Fsp3) is 0.143. The van der Waals surface area contributed by atoms with Gasteiger partial charge in [-0.25, -0.2) is 9.18 Å². The summed E-state index contributed by atoms with van der Waals surface area (Å²) in [4.78, 5) is 22.9. The minimum Gasteiger partial charge on any atom is -0.459 e.